The van der Waals surface area contributed by atoms with Crippen molar-refractivity contribution < 1.29 is 19.5 Å². The van der Waals surface area contributed by atoms with E-state index < -0.39 is 5.97 Å². The van der Waals surface area contributed by atoms with Crippen LogP contribution in [0.25, 0.3) is 0 Å². The largest absolute Gasteiger partial charge is 0.545 e. The van der Waals surface area contributed by atoms with Gasteiger partial charge in [-0.15, -0.1) is 0 Å². The summed E-state index contributed by atoms with van der Waals surface area (Å²) < 4.78 is 0. The van der Waals surface area contributed by atoms with Crippen LogP contribution >= 0.6 is 11.8 Å². The van der Waals surface area contributed by atoms with Crippen molar-refractivity contribution in [2.45, 2.75) is 6.54 Å². The summed E-state index contributed by atoms with van der Waals surface area (Å²) in [6, 6.07) is 6.02. The van der Waals surface area contributed by atoms with E-state index in [2.05, 4.69) is 0 Å². The zero-order valence-electron chi connectivity index (χ0n) is 8.71. The molecule has 1 saturated heterocycles. The number of amides is 2. The van der Waals surface area contributed by atoms with Crippen LogP contribution in [0, 0.1) is 0 Å². The van der Waals surface area contributed by atoms with Gasteiger partial charge in [0.25, 0.3) is 5.24 Å². The molecule has 2 rings (SSSR count). The lowest BCUT2D eigenvalue weighted by Crippen LogP contribution is -2.28. The molecule has 0 bridgehead atoms. The van der Waals surface area contributed by atoms with Crippen molar-refractivity contribution in [3.05, 3.63) is 35.4 Å². The van der Waals surface area contributed by atoms with Gasteiger partial charge in [-0.25, -0.2) is 0 Å². The highest BCUT2D eigenvalue weighted by Gasteiger charge is 2.29. The highest BCUT2D eigenvalue weighted by Crippen LogP contribution is 2.21. The number of carbonyl (C=O) groups excluding carboxylic acids is 3. The third kappa shape index (κ3) is 2.47. The number of carboxylic acid groups (broad SMARTS) is 1. The molecule has 1 aromatic rings. The molecule has 0 unspecified atom stereocenters. The third-order valence-corrected chi connectivity index (χ3v) is 3.20. The maximum atomic E-state index is 11.4. The average molecular weight is 250 g/mol. The van der Waals surface area contributed by atoms with Gasteiger partial charge in [0.15, 0.2) is 0 Å². The van der Waals surface area contributed by atoms with Crippen LogP contribution in [-0.2, 0) is 11.3 Å². The number of benzene rings is 1. The molecule has 1 fully saturated rings. The first kappa shape index (κ1) is 11.7. The van der Waals surface area contributed by atoms with Crippen molar-refractivity contribution in [3.8, 4) is 0 Å². The molecule has 0 aromatic heterocycles. The Morgan fingerprint density at radius 3 is 2.76 bits per heavy atom. The summed E-state index contributed by atoms with van der Waals surface area (Å²) >= 11 is 0.952. The van der Waals surface area contributed by atoms with Gasteiger partial charge in [0, 0.05) is 0 Å². The number of carboxylic acids is 1. The smallest absolute Gasteiger partial charge is 0.289 e. The molecule has 2 amide bonds. The summed E-state index contributed by atoms with van der Waals surface area (Å²) in [6.07, 6.45) is 0. The third-order valence-electron chi connectivity index (χ3n) is 2.34. The Hall–Kier alpha value is -1.82. The highest BCUT2D eigenvalue weighted by atomic mass is 32.2. The molecular weight excluding hydrogens is 242 g/mol. The lowest BCUT2D eigenvalue weighted by Gasteiger charge is -2.13. The molecular formula is C11H8NO4S-. The van der Waals surface area contributed by atoms with Crippen molar-refractivity contribution in [2.24, 2.45) is 0 Å². The molecule has 17 heavy (non-hydrogen) atoms. The number of nitrogens with zero attached hydrogens (tertiary/aromatic N) is 1. The first-order chi connectivity index (χ1) is 8.08. The van der Waals surface area contributed by atoms with Crippen LogP contribution in [0.2, 0.25) is 0 Å². The zero-order valence-corrected chi connectivity index (χ0v) is 9.53. The first-order valence-corrected chi connectivity index (χ1v) is 5.84. The zero-order chi connectivity index (χ0) is 12.4. The molecule has 1 aromatic carbocycles. The molecule has 88 valence electrons. The second kappa shape index (κ2) is 4.58. The van der Waals surface area contributed by atoms with Gasteiger partial charge in [-0.05, 0) is 17.2 Å². The fraction of sp³-hybridized carbons (Fsp3) is 0.182. The van der Waals surface area contributed by atoms with E-state index in [9.17, 15) is 19.5 Å². The van der Waals surface area contributed by atoms with E-state index in [0.717, 1.165) is 16.7 Å². The number of carbonyl (C=O) groups is 3. The van der Waals surface area contributed by atoms with Gasteiger partial charge in [-0.1, -0.05) is 30.0 Å². The van der Waals surface area contributed by atoms with Crippen LogP contribution in [0.1, 0.15) is 15.9 Å². The molecule has 0 saturated carbocycles. The van der Waals surface area contributed by atoms with Crippen molar-refractivity contribution in [3.63, 3.8) is 0 Å². The predicted molar refractivity (Wildman–Crippen MR) is 59.2 cm³/mol. The van der Waals surface area contributed by atoms with Gasteiger partial charge in [-0.3, -0.25) is 14.5 Å². The summed E-state index contributed by atoms with van der Waals surface area (Å²) in [6.45, 7) is 0.103. The first-order valence-electron chi connectivity index (χ1n) is 4.85. The number of imide groups is 1. The Morgan fingerprint density at radius 2 is 2.18 bits per heavy atom. The van der Waals surface area contributed by atoms with Gasteiger partial charge in [0.1, 0.15) is 0 Å². The number of hydrogen-bond acceptors (Lipinski definition) is 5. The van der Waals surface area contributed by atoms with Gasteiger partial charge in [0.2, 0.25) is 5.91 Å². The van der Waals surface area contributed by atoms with Gasteiger partial charge in [0.05, 0.1) is 18.3 Å². The summed E-state index contributed by atoms with van der Waals surface area (Å²) in [5.74, 6) is -1.38. The molecule has 0 N–H and O–H groups in total. The minimum Gasteiger partial charge on any atom is -0.545 e. The monoisotopic (exact) mass is 250 g/mol. The fourth-order valence-corrected chi connectivity index (χ4v) is 2.24. The Kier molecular flexibility index (Phi) is 3.14. The highest BCUT2D eigenvalue weighted by molar-refractivity contribution is 8.14. The van der Waals surface area contributed by atoms with Gasteiger partial charge >= 0.3 is 0 Å². The standard InChI is InChI=1S/C11H9NO4S/c13-9-6-17-11(16)12(9)5-7-2-1-3-8(4-7)10(14)15/h1-4H,5-6H2,(H,14,15)/p-1. The summed E-state index contributed by atoms with van der Waals surface area (Å²) in [5, 5.41) is 10.4. The molecule has 0 spiro atoms. The molecule has 0 radical (unpaired) electrons. The molecule has 5 nitrogen and oxygen atoms in total. The summed E-state index contributed by atoms with van der Waals surface area (Å²) in [5.41, 5.74) is 0.630. The number of thioether (sulfide) groups is 1. The van der Waals surface area contributed by atoms with Crippen LogP contribution in [-0.4, -0.2) is 27.8 Å². The minimum atomic E-state index is -1.28. The normalized spacial score (nSPS) is 15.4. The maximum Gasteiger partial charge on any atom is 0.289 e. The SMILES string of the molecule is O=C([O-])c1cccc(CN2C(=O)CSC2=O)c1. The summed E-state index contributed by atoms with van der Waals surface area (Å²) in [7, 11) is 0. The molecule has 1 aliphatic heterocycles. The number of aromatic carboxylic acids is 1. The summed E-state index contributed by atoms with van der Waals surface area (Å²) in [4.78, 5) is 34.5. The van der Waals surface area contributed by atoms with E-state index in [4.69, 9.17) is 0 Å². The average Bonchev–Trinajstić information content (AvgIpc) is 2.61. The van der Waals surface area contributed by atoms with E-state index in [0.29, 0.717) is 5.56 Å². The Bertz CT molecular complexity index is 484. The quantitative estimate of drug-likeness (QED) is 0.768. The predicted octanol–water partition coefficient (Wildman–Crippen LogP) is 0.245. The molecule has 1 aliphatic rings. The lowest BCUT2D eigenvalue weighted by molar-refractivity contribution is -0.255. The van der Waals surface area contributed by atoms with Crippen LogP contribution < -0.4 is 5.11 Å². The van der Waals surface area contributed by atoms with E-state index in [1.165, 1.54) is 12.1 Å². The fourth-order valence-electron chi connectivity index (χ4n) is 1.51. The van der Waals surface area contributed by atoms with Crippen molar-refractivity contribution >= 4 is 28.9 Å². The maximum absolute atomic E-state index is 11.4. The number of rotatable bonds is 3. The molecule has 0 aliphatic carbocycles. The van der Waals surface area contributed by atoms with E-state index >= 15 is 0 Å². The van der Waals surface area contributed by atoms with Gasteiger partial charge < -0.3 is 9.90 Å². The van der Waals surface area contributed by atoms with Crippen molar-refractivity contribution in [2.75, 3.05) is 5.75 Å². The Balaban J connectivity index is 2.18. The lowest BCUT2D eigenvalue weighted by atomic mass is 10.1. The second-order valence-corrected chi connectivity index (χ2v) is 4.45. The van der Waals surface area contributed by atoms with Gasteiger partial charge in [-0.2, -0.15) is 0 Å². The Morgan fingerprint density at radius 1 is 1.41 bits per heavy atom. The molecule has 0 atom stereocenters. The molecule has 1 heterocycles. The molecule has 6 heteroatoms. The van der Waals surface area contributed by atoms with Crippen LogP contribution in [0.4, 0.5) is 4.79 Å². The minimum absolute atomic E-state index is 0.0363. The van der Waals surface area contributed by atoms with E-state index in [-0.39, 0.29) is 29.0 Å². The van der Waals surface area contributed by atoms with E-state index in [1.54, 1.807) is 12.1 Å². The van der Waals surface area contributed by atoms with Crippen molar-refractivity contribution in [1.29, 1.82) is 0 Å². The second-order valence-electron chi connectivity index (χ2n) is 3.52. The Labute approximate surface area is 101 Å². The topological polar surface area (TPSA) is 77.5 Å². The van der Waals surface area contributed by atoms with Crippen molar-refractivity contribution in [1.82, 2.24) is 4.90 Å². The van der Waals surface area contributed by atoms with E-state index in [1.807, 2.05) is 0 Å². The van der Waals surface area contributed by atoms with Crippen LogP contribution in [0.3, 0.4) is 0 Å². The van der Waals surface area contributed by atoms with Crippen LogP contribution in [0.15, 0.2) is 24.3 Å². The number of hydrogen-bond donors (Lipinski definition) is 0. The van der Waals surface area contributed by atoms with Crippen LogP contribution in [0.5, 0.6) is 0 Å².